The molecule has 1 aromatic carbocycles. The van der Waals surface area contributed by atoms with Crippen LogP contribution in [0.25, 0.3) is 0 Å². The third-order valence-electron chi connectivity index (χ3n) is 3.33. The third kappa shape index (κ3) is 5.30. The molecule has 0 fully saturated rings. The summed E-state index contributed by atoms with van der Waals surface area (Å²) < 4.78 is 0. The molecule has 0 atom stereocenters. The second-order valence-electron chi connectivity index (χ2n) is 5.08. The second-order valence-corrected chi connectivity index (χ2v) is 5.08. The van der Waals surface area contributed by atoms with Crippen LogP contribution < -0.4 is 5.73 Å². The SMILES string of the molecule is CCc1ccc(CN(CCC(N)=NO)C(C)C)cc1. The number of hydrogen-bond donors (Lipinski definition) is 2. The zero-order valence-electron chi connectivity index (χ0n) is 12.1. The van der Waals surface area contributed by atoms with E-state index in [2.05, 4.69) is 55.1 Å². The van der Waals surface area contributed by atoms with Gasteiger partial charge in [-0.15, -0.1) is 0 Å². The molecule has 4 nitrogen and oxygen atoms in total. The average Bonchev–Trinajstić information content (AvgIpc) is 2.43. The van der Waals surface area contributed by atoms with E-state index in [1.54, 1.807) is 0 Å². The first-order valence-corrected chi connectivity index (χ1v) is 6.85. The van der Waals surface area contributed by atoms with Crippen LogP contribution in [0.15, 0.2) is 29.4 Å². The topological polar surface area (TPSA) is 61.8 Å². The Hall–Kier alpha value is -1.55. The molecule has 0 aliphatic rings. The van der Waals surface area contributed by atoms with Crippen LogP contribution in [-0.4, -0.2) is 28.5 Å². The van der Waals surface area contributed by atoms with E-state index in [0.29, 0.717) is 12.5 Å². The van der Waals surface area contributed by atoms with Crippen molar-refractivity contribution in [3.63, 3.8) is 0 Å². The van der Waals surface area contributed by atoms with Gasteiger partial charge in [0.1, 0.15) is 5.84 Å². The van der Waals surface area contributed by atoms with Crippen LogP contribution in [0.5, 0.6) is 0 Å². The summed E-state index contributed by atoms with van der Waals surface area (Å²) >= 11 is 0. The summed E-state index contributed by atoms with van der Waals surface area (Å²) in [6.07, 6.45) is 1.65. The van der Waals surface area contributed by atoms with Crippen molar-refractivity contribution in [2.75, 3.05) is 6.54 Å². The lowest BCUT2D eigenvalue weighted by Gasteiger charge is -2.26. The Morgan fingerprint density at radius 1 is 1.26 bits per heavy atom. The summed E-state index contributed by atoms with van der Waals surface area (Å²) in [5, 5.41) is 11.6. The van der Waals surface area contributed by atoms with Crippen LogP contribution in [0.2, 0.25) is 0 Å². The van der Waals surface area contributed by atoms with Crippen LogP contribution in [0.1, 0.15) is 38.3 Å². The van der Waals surface area contributed by atoms with E-state index in [9.17, 15) is 0 Å². The van der Waals surface area contributed by atoms with Gasteiger partial charge in [0.15, 0.2) is 0 Å². The molecular formula is C15H25N3O. The summed E-state index contributed by atoms with van der Waals surface area (Å²) in [6.45, 7) is 8.16. The largest absolute Gasteiger partial charge is 0.409 e. The van der Waals surface area contributed by atoms with Crippen LogP contribution in [0.4, 0.5) is 0 Å². The smallest absolute Gasteiger partial charge is 0.140 e. The molecule has 0 unspecified atom stereocenters. The second kappa shape index (κ2) is 7.79. The van der Waals surface area contributed by atoms with Crippen LogP contribution in [0, 0.1) is 0 Å². The Bertz CT molecular complexity index is 398. The molecule has 19 heavy (non-hydrogen) atoms. The van der Waals surface area contributed by atoms with Gasteiger partial charge >= 0.3 is 0 Å². The van der Waals surface area contributed by atoms with Crippen LogP contribution in [-0.2, 0) is 13.0 Å². The molecule has 1 aromatic rings. The monoisotopic (exact) mass is 263 g/mol. The van der Waals surface area contributed by atoms with Crippen LogP contribution >= 0.6 is 0 Å². The van der Waals surface area contributed by atoms with Crippen molar-refractivity contribution < 1.29 is 5.21 Å². The molecule has 0 saturated carbocycles. The van der Waals surface area contributed by atoms with Crippen molar-refractivity contribution >= 4 is 5.84 Å². The van der Waals surface area contributed by atoms with Gasteiger partial charge in [0.05, 0.1) is 0 Å². The number of nitrogens with two attached hydrogens (primary N) is 1. The number of rotatable bonds is 7. The molecule has 0 heterocycles. The molecule has 0 saturated heterocycles. The summed E-state index contributed by atoms with van der Waals surface area (Å²) in [6, 6.07) is 9.14. The van der Waals surface area contributed by atoms with E-state index in [1.165, 1.54) is 11.1 Å². The third-order valence-corrected chi connectivity index (χ3v) is 3.33. The van der Waals surface area contributed by atoms with E-state index in [0.717, 1.165) is 19.5 Å². The lowest BCUT2D eigenvalue weighted by atomic mass is 10.1. The quantitative estimate of drug-likeness (QED) is 0.344. The summed E-state index contributed by atoms with van der Waals surface area (Å²) in [7, 11) is 0. The molecule has 0 bridgehead atoms. The molecule has 3 N–H and O–H groups in total. The number of benzene rings is 1. The minimum atomic E-state index is 0.284. The maximum Gasteiger partial charge on any atom is 0.140 e. The number of nitrogens with zero attached hydrogens (tertiary/aromatic N) is 2. The first-order chi connectivity index (χ1) is 9.06. The molecule has 0 spiro atoms. The van der Waals surface area contributed by atoms with Crippen molar-refractivity contribution in [2.45, 2.75) is 46.2 Å². The van der Waals surface area contributed by atoms with E-state index in [1.807, 2.05) is 0 Å². The van der Waals surface area contributed by atoms with Crippen LogP contribution in [0.3, 0.4) is 0 Å². The van der Waals surface area contributed by atoms with Crippen molar-refractivity contribution in [3.8, 4) is 0 Å². The summed E-state index contributed by atoms with van der Waals surface area (Å²) in [4.78, 5) is 2.32. The molecule has 4 heteroatoms. The van der Waals surface area contributed by atoms with E-state index >= 15 is 0 Å². The van der Waals surface area contributed by atoms with Crippen molar-refractivity contribution in [3.05, 3.63) is 35.4 Å². The predicted octanol–water partition coefficient (Wildman–Crippen LogP) is 2.60. The highest BCUT2D eigenvalue weighted by atomic mass is 16.4. The number of hydrogen-bond acceptors (Lipinski definition) is 3. The zero-order valence-corrected chi connectivity index (χ0v) is 12.1. The fourth-order valence-corrected chi connectivity index (χ4v) is 1.94. The van der Waals surface area contributed by atoms with Gasteiger partial charge in [0.25, 0.3) is 0 Å². The van der Waals surface area contributed by atoms with Crippen molar-refractivity contribution in [1.82, 2.24) is 4.90 Å². The molecule has 1 rings (SSSR count). The number of amidine groups is 1. The van der Waals surface area contributed by atoms with Gasteiger partial charge in [0, 0.05) is 25.6 Å². The maximum absolute atomic E-state index is 8.58. The Morgan fingerprint density at radius 3 is 2.32 bits per heavy atom. The Morgan fingerprint density at radius 2 is 1.84 bits per heavy atom. The lowest BCUT2D eigenvalue weighted by molar-refractivity contribution is 0.218. The molecule has 0 amide bonds. The first kappa shape index (κ1) is 15.5. The highest BCUT2D eigenvalue weighted by Crippen LogP contribution is 2.11. The lowest BCUT2D eigenvalue weighted by Crippen LogP contribution is -2.33. The van der Waals surface area contributed by atoms with Gasteiger partial charge in [0.2, 0.25) is 0 Å². The fraction of sp³-hybridized carbons (Fsp3) is 0.533. The number of aryl methyl sites for hydroxylation is 1. The maximum atomic E-state index is 8.58. The highest BCUT2D eigenvalue weighted by Gasteiger charge is 2.10. The van der Waals surface area contributed by atoms with Gasteiger partial charge < -0.3 is 10.9 Å². The molecule has 0 radical (unpaired) electrons. The predicted molar refractivity (Wildman–Crippen MR) is 79.4 cm³/mol. The van der Waals surface area contributed by atoms with E-state index < -0.39 is 0 Å². The molecule has 0 aliphatic carbocycles. The van der Waals surface area contributed by atoms with Crippen molar-refractivity contribution in [1.29, 1.82) is 0 Å². The Labute approximate surface area is 115 Å². The van der Waals surface area contributed by atoms with Gasteiger partial charge in [-0.05, 0) is 31.4 Å². The Balaban J connectivity index is 2.61. The van der Waals surface area contributed by atoms with Gasteiger partial charge in [-0.25, -0.2) is 0 Å². The summed E-state index contributed by atoms with van der Waals surface area (Å²) in [5.41, 5.74) is 8.18. The molecule has 0 aromatic heterocycles. The van der Waals surface area contributed by atoms with Crippen molar-refractivity contribution in [2.24, 2.45) is 10.9 Å². The van der Waals surface area contributed by atoms with E-state index in [-0.39, 0.29) is 5.84 Å². The van der Waals surface area contributed by atoms with Gasteiger partial charge in [-0.3, -0.25) is 4.90 Å². The fourth-order valence-electron chi connectivity index (χ4n) is 1.94. The number of oxime groups is 1. The molecule has 0 aliphatic heterocycles. The standard InChI is InChI=1S/C15H25N3O/c1-4-13-5-7-14(8-6-13)11-18(12(2)3)10-9-15(16)17-19/h5-8,12,19H,4,9-11H2,1-3H3,(H2,16,17). The van der Waals surface area contributed by atoms with E-state index in [4.69, 9.17) is 10.9 Å². The normalized spacial score (nSPS) is 12.4. The highest BCUT2D eigenvalue weighted by molar-refractivity contribution is 5.79. The average molecular weight is 263 g/mol. The van der Waals surface area contributed by atoms with Gasteiger partial charge in [-0.2, -0.15) is 0 Å². The first-order valence-electron chi connectivity index (χ1n) is 6.85. The zero-order chi connectivity index (χ0) is 14.3. The minimum absolute atomic E-state index is 0.284. The molecular weight excluding hydrogens is 238 g/mol. The van der Waals surface area contributed by atoms with Gasteiger partial charge in [-0.1, -0.05) is 36.3 Å². The summed E-state index contributed by atoms with van der Waals surface area (Å²) in [5.74, 6) is 0.284. The molecule has 106 valence electrons. The Kier molecular flexibility index (Phi) is 6.36. The minimum Gasteiger partial charge on any atom is -0.409 e.